The van der Waals surface area contributed by atoms with Gasteiger partial charge in [-0.25, -0.2) is 0 Å². The number of nitrogens with one attached hydrogen (secondary N) is 1. The topological polar surface area (TPSA) is 21.3 Å². The summed E-state index contributed by atoms with van der Waals surface area (Å²) in [5.74, 6) is 0.121. The van der Waals surface area contributed by atoms with E-state index >= 15 is 0 Å². The summed E-state index contributed by atoms with van der Waals surface area (Å²) < 4.78 is 44.7. The van der Waals surface area contributed by atoms with Gasteiger partial charge in [0.2, 0.25) is 0 Å². The minimum atomic E-state index is -4.38. The molecule has 1 N–H and O–H groups in total. The molecule has 0 saturated carbocycles. The van der Waals surface area contributed by atoms with E-state index in [2.05, 4.69) is 5.32 Å². The Morgan fingerprint density at radius 2 is 1.85 bits per heavy atom. The molecule has 0 amide bonds. The predicted octanol–water partition coefficient (Wildman–Crippen LogP) is 3.96. The highest BCUT2D eigenvalue weighted by Crippen LogP contribution is 2.39. The second-order valence-corrected chi connectivity index (χ2v) is 5.44. The number of rotatable bonds is 3. The average Bonchev–Trinajstić information content (AvgIpc) is 2.38. The molecule has 1 heterocycles. The summed E-state index contributed by atoms with van der Waals surface area (Å²) in [4.78, 5) is 0. The molecule has 1 aromatic rings. The van der Waals surface area contributed by atoms with E-state index in [4.69, 9.17) is 4.74 Å². The lowest BCUT2D eigenvalue weighted by Gasteiger charge is -2.24. The van der Waals surface area contributed by atoms with Gasteiger partial charge in [0.15, 0.2) is 0 Å². The van der Waals surface area contributed by atoms with Gasteiger partial charge in [-0.15, -0.1) is 0 Å². The standard InChI is InChI=1S/C15H20F3NO/c1-10(2)20-14-4-3-12(9-13(14)15(16,17)18)11-5-7-19-8-6-11/h3-4,9-11,19H,5-8H2,1-2H3. The molecule has 0 radical (unpaired) electrons. The van der Waals surface area contributed by atoms with Gasteiger partial charge in [0.25, 0.3) is 0 Å². The Morgan fingerprint density at radius 1 is 1.20 bits per heavy atom. The van der Waals surface area contributed by atoms with Gasteiger partial charge in [0.05, 0.1) is 11.7 Å². The molecule has 1 aliphatic rings. The third kappa shape index (κ3) is 3.66. The Hall–Kier alpha value is -1.23. The second-order valence-electron chi connectivity index (χ2n) is 5.44. The van der Waals surface area contributed by atoms with Crippen LogP contribution in [-0.4, -0.2) is 19.2 Å². The van der Waals surface area contributed by atoms with Crippen molar-refractivity contribution in [1.29, 1.82) is 0 Å². The van der Waals surface area contributed by atoms with Crippen LogP contribution in [0.5, 0.6) is 5.75 Å². The molecule has 1 fully saturated rings. The molecule has 112 valence electrons. The number of ether oxygens (including phenoxy) is 1. The quantitative estimate of drug-likeness (QED) is 0.908. The van der Waals surface area contributed by atoms with Gasteiger partial charge in [-0.2, -0.15) is 13.2 Å². The summed E-state index contributed by atoms with van der Waals surface area (Å²) in [6.07, 6.45) is -2.91. The molecule has 1 aliphatic heterocycles. The summed E-state index contributed by atoms with van der Waals surface area (Å²) >= 11 is 0. The summed E-state index contributed by atoms with van der Waals surface area (Å²) in [7, 11) is 0. The fourth-order valence-corrected chi connectivity index (χ4v) is 2.54. The first kappa shape index (κ1) is 15.2. The largest absolute Gasteiger partial charge is 0.490 e. The molecule has 2 nitrogen and oxygen atoms in total. The third-order valence-corrected chi connectivity index (χ3v) is 3.48. The lowest BCUT2D eigenvalue weighted by Crippen LogP contribution is -2.26. The maximum absolute atomic E-state index is 13.2. The minimum absolute atomic E-state index is 0.0785. The minimum Gasteiger partial charge on any atom is -0.490 e. The highest BCUT2D eigenvalue weighted by molar-refractivity contribution is 5.40. The first-order valence-corrected chi connectivity index (χ1v) is 6.96. The summed E-state index contributed by atoms with van der Waals surface area (Å²) in [6, 6.07) is 4.48. The highest BCUT2D eigenvalue weighted by atomic mass is 19.4. The van der Waals surface area contributed by atoms with Crippen LogP contribution >= 0.6 is 0 Å². The van der Waals surface area contributed by atoms with Crippen LogP contribution < -0.4 is 10.1 Å². The summed E-state index contributed by atoms with van der Waals surface area (Å²) in [5.41, 5.74) is 0.0946. The maximum Gasteiger partial charge on any atom is 0.419 e. The molecule has 0 spiro atoms. The lowest BCUT2D eigenvalue weighted by atomic mass is 9.89. The van der Waals surface area contributed by atoms with E-state index in [1.165, 1.54) is 12.1 Å². The van der Waals surface area contributed by atoms with Gasteiger partial charge < -0.3 is 10.1 Å². The van der Waals surface area contributed by atoms with Crippen molar-refractivity contribution < 1.29 is 17.9 Å². The smallest absolute Gasteiger partial charge is 0.419 e. The normalized spacial score (nSPS) is 17.5. The van der Waals surface area contributed by atoms with Crippen LogP contribution in [0.3, 0.4) is 0 Å². The SMILES string of the molecule is CC(C)Oc1ccc(C2CCNCC2)cc1C(F)(F)F. The number of halogens is 3. The molecule has 1 aromatic carbocycles. The Morgan fingerprint density at radius 3 is 2.40 bits per heavy atom. The number of hydrogen-bond acceptors (Lipinski definition) is 2. The zero-order chi connectivity index (χ0) is 14.8. The molecule has 0 aromatic heterocycles. The zero-order valence-corrected chi connectivity index (χ0v) is 11.8. The molecule has 0 unspecified atom stereocenters. The van der Waals surface area contributed by atoms with Crippen LogP contribution in [0.1, 0.15) is 43.7 Å². The average molecular weight is 287 g/mol. The van der Waals surface area contributed by atoms with Gasteiger partial charge in [-0.3, -0.25) is 0 Å². The van der Waals surface area contributed by atoms with Crippen LogP contribution in [0.4, 0.5) is 13.2 Å². The second kappa shape index (κ2) is 6.04. The van der Waals surface area contributed by atoms with Crippen LogP contribution in [0.25, 0.3) is 0 Å². The molecular weight excluding hydrogens is 267 g/mol. The molecular formula is C15H20F3NO. The molecule has 0 aliphatic carbocycles. The number of hydrogen-bond donors (Lipinski definition) is 1. The van der Waals surface area contributed by atoms with Crippen molar-refractivity contribution in [3.05, 3.63) is 29.3 Å². The summed E-state index contributed by atoms with van der Waals surface area (Å²) in [5, 5.41) is 3.22. The Balaban J connectivity index is 2.32. The zero-order valence-electron chi connectivity index (χ0n) is 11.8. The first-order chi connectivity index (χ1) is 9.38. The van der Waals surface area contributed by atoms with E-state index in [1.807, 2.05) is 0 Å². The number of alkyl halides is 3. The number of benzene rings is 1. The fraction of sp³-hybridized carbons (Fsp3) is 0.600. The highest BCUT2D eigenvalue weighted by Gasteiger charge is 2.35. The molecule has 2 rings (SSSR count). The molecule has 0 atom stereocenters. The lowest BCUT2D eigenvalue weighted by molar-refractivity contribution is -0.139. The van der Waals surface area contributed by atoms with Crippen LogP contribution in [0, 0.1) is 0 Å². The maximum atomic E-state index is 13.2. The van der Waals surface area contributed by atoms with Crippen molar-refractivity contribution in [3.8, 4) is 5.75 Å². The molecule has 0 bridgehead atoms. The predicted molar refractivity (Wildman–Crippen MR) is 72.1 cm³/mol. The molecule has 5 heteroatoms. The molecule has 1 saturated heterocycles. The van der Waals surface area contributed by atoms with Crippen LogP contribution in [-0.2, 0) is 6.18 Å². The fourth-order valence-electron chi connectivity index (χ4n) is 2.54. The van der Waals surface area contributed by atoms with Gasteiger partial charge in [-0.05, 0) is 63.4 Å². The van der Waals surface area contributed by atoms with E-state index in [-0.39, 0.29) is 17.8 Å². The molecule has 20 heavy (non-hydrogen) atoms. The van der Waals surface area contributed by atoms with Gasteiger partial charge in [0.1, 0.15) is 5.75 Å². The van der Waals surface area contributed by atoms with E-state index in [0.29, 0.717) is 0 Å². The van der Waals surface area contributed by atoms with E-state index < -0.39 is 11.7 Å². The van der Waals surface area contributed by atoms with Crippen molar-refractivity contribution >= 4 is 0 Å². The Kier molecular flexibility index (Phi) is 4.58. The first-order valence-electron chi connectivity index (χ1n) is 6.96. The van der Waals surface area contributed by atoms with E-state index in [9.17, 15) is 13.2 Å². The van der Waals surface area contributed by atoms with Crippen molar-refractivity contribution in [2.75, 3.05) is 13.1 Å². The van der Waals surface area contributed by atoms with Crippen molar-refractivity contribution in [2.24, 2.45) is 0 Å². The van der Waals surface area contributed by atoms with Crippen molar-refractivity contribution in [3.63, 3.8) is 0 Å². The van der Waals surface area contributed by atoms with Crippen molar-refractivity contribution in [1.82, 2.24) is 5.32 Å². The van der Waals surface area contributed by atoms with Crippen LogP contribution in [0.2, 0.25) is 0 Å². The summed E-state index contributed by atoms with van der Waals surface area (Å²) in [6.45, 7) is 5.16. The van der Waals surface area contributed by atoms with Gasteiger partial charge >= 0.3 is 6.18 Å². The Bertz CT molecular complexity index is 451. The number of piperidine rings is 1. The van der Waals surface area contributed by atoms with Gasteiger partial charge in [-0.1, -0.05) is 6.07 Å². The van der Waals surface area contributed by atoms with E-state index in [0.717, 1.165) is 31.5 Å². The Labute approximate surface area is 117 Å². The van der Waals surface area contributed by atoms with Crippen LogP contribution in [0.15, 0.2) is 18.2 Å². The van der Waals surface area contributed by atoms with E-state index in [1.54, 1.807) is 19.9 Å². The van der Waals surface area contributed by atoms with Crippen molar-refractivity contribution in [2.45, 2.75) is 44.9 Å². The monoisotopic (exact) mass is 287 g/mol. The van der Waals surface area contributed by atoms with Gasteiger partial charge in [0, 0.05) is 0 Å². The third-order valence-electron chi connectivity index (χ3n) is 3.48.